The van der Waals surface area contributed by atoms with Gasteiger partial charge in [-0.05, 0) is 42.0 Å². The summed E-state index contributed by atoms with van der Waals surface area (Å²) in [6, 6.07) is 14.6. The van der Waals surface area contributed by atoms with Crippen LogP contribution in [0.5, 0.6) is 5.75 Å². The van der Waals surface area contributed by atoms with Crippen molar-refractivity contribution in [3.05, 3.63) is 59.7 Å². The van der Waals surface area contributed by atoms with Crippen LogP contribution in [0.1, 0.15) is 22.0 Å². The highest BCUT2D eigenvalue weighted by Crippen LogP contribution is 2.26. The molecule has 0 spiro atoms. The Hall–Kier alpha value is -2.53. The van der Waals surface area contributed by atoms with Crippen molar-refractivity contribution in [3.8, 4) is 5.75 Å². The molecule has 24 heavy (non-hydrogen) atoms. The maximum atomic E-state index is 12.7. The third-order valence-electron chi connectivity index (χ3n) is 4.23. The number of hydrogen-bond donors (Lipinski definition) is 1. The van der Waals surface area contributed by atoms with E-state index in [0.29, 0.717) is 25.3 Å². The van der Waals surface area contributed by atoms with Crippen LogP contribution < -0.4 is 4.90 Å². The maximum Gasteiger partial charge on any atom is 0.254 e. The van der Waals surface area contributed by atoms with Crippen molar-refractivity contribution in [2.75, 3.05) is 38.7 Å². The lowest BCUT2D eigenvalue weighted by atomic mass is 10.1. The molecule has 0 bridgehead atoms. The number of morpholine rings is 1. The van der Waals surface area contributed by atoms with Crippen molar-refractivity contribution in [1.82, 2.24) is 4.90 Å². The van der Waals surface area contributed by atoms with Crippen molar-refractivity contribution in [3.63, 3.8) is 0 Å². The predicted molar refractivity (Wildman–Crippen MR) is 93.5 cm³/mol. The van der Waals surface area contributed by atoms with Crippen molar-refractivity contribution in [1.29, 1.82) is 0 Å². The minimum absolute atomic E-state index is 0.00811. The standard InChI is InChI=1S/C19H22N2O3/c1-20(2)16-8-6-14(7-9-16)19(23)21-10-11-24-18(13-21)15-4-3-5-17(22)12-15/h3-9,12,18,22H,10-11,13H2,1-2H3/t18-/m0/s1. The molecule has 126 valence electrons. The average Bonchev–Trinajstić information content (AvgIpc) is 2.61. The molecule has 0 saturated carbocycles. The van der Waals surface area contributed by atoms with Gasteiger partial charge in [0.05, 0.1) is 13.2 Å². The van der Waals surface area contributed by atoms with Gasteiger partial charge in [0.1, 0.15) is 11.9 Å². The number of carbonyl (C=O) groups is 1. The molecule has 5 heteroatoms. The van der Waals surface area contributed by atoms with E-state index < -0.39 is 0 Å². The van der Waals surface area contributed by atoms with E-state index in [0.717, 1.165) is 11.3 Å². The van der Waals surface area contributed by atoms with Crippen LogP contribution in [-0.2, 0) is 4.74 Å². The first-order chi connectivity index (χ1) is 11.5. The van der Waals surface area contributed by atoms with Gasteiger partial charge in [-0.1, -0.05) is 12.1 Å². The number of nitrogens with zero attached hydrogens (tertiary/aromatic N) is 2. The van der Waals surface area contributed by atoms with Crippen molar-refractivity contribution < 1.29 is 14.6 Å². The third kappa shape index (κ3) is 3.51. The first kappa shape index (κ1) is 16.3. The van der Waals surface area contributed by atoms with Crippen LogP contribution in [0.25, 0.3) is 0 Å². The quantitative estimate of drug-likeness (QED) is 0.942. The molecule has 2 aromatic carbocycles. The van der Waals surface area contributed by atoms with Crippen LogP contribution in [0.4, 0.5) is 5.69 Å². The summed E-state index contributed by atoms with van der Waals surface area (Å²) < 4.78 is 5.77. The Bertz CT molecular complexity index is 713. The Balaban J connectivity index is 1.73. The van der Waals surface area contributed by atoms with Gasteiger partial charge in [-0.25, -0.2) is 0 Å². The Labute approximate surface area is 142 Å². The molecular weight excluding hydrogens is 304 g/mol. The van der Waals surface area contributed by atoms with E-state index >= 15 is 0 Å². The van der Waals surface area contributed by atoms with Gasteiger partial charge in [0.25, 0.3) is 5.91 Å². The number of rotatable bonds is 3. The van der Waals surface area contributed by atoms with Crippen LogP contribution in [0.3, 0.4) is 0 Å². The Morgan fingerprint density at radius 2 is 1.96 bits per heavy atom. The Morgan fingerprint density at radius 3 is 2.62 bits per heavy atom. The lowest BCUT2D eigenvalue weighted by molar-refractivity contribution is -0.0228. The van der Waals surface area contributed by atoms with Gasteiger partial charge >= 0.3 is 0 Å². The summed E-state index contributed by atoms with van der Waals surface area (Å²) in [7, 11) is 3.94. The van der Waals surface area contributed by atoms with Crippen molar-refractivity contribution >= 4 is 11.6 Å². The molecule has 1 heterocycles. The van der Waals surface area contributed by atoms with Gasteiger partial charge in [-0.3, -0.25) is 4.79 Å². The minimum Gasteiger partial charge on any atom is -0.508 e. The van der Waals surface area contributed by atoms with E-state index in [2.05, 4.69) is 0 Å². The number of carbonyl (C=O) groups excluding carboxylic acids is 1. The van der Waals surface area contributed by atoms with Crippen molar-refractivity contribution in [2.45, 2.75) is 6.10 Å². The zero-order chi connectivity index (χ0) is 17.1. The van der Waals surface area contributed by atoms with E-state index in [1.165, 1.54) is 0 Å². The van der Waals surface area contributed by atoms with Crippen LogP contribution in [0.2, 0.25) is 0 Å². The fourth-order valence-corrected chi connectivity index (χ4v) is 2.85. The van der Waals surface area contributed by atoms with Crippen molar-refractivity contribution in [2.24, 2.45) is 0 Å². The molecule has 2 aromatic rings. The summed E-state index contributed by atoms with van der Waals surface area (Å²) in [5.41, 5.74) is 2.62. The summed E-state index contributed by atoms with van der Waals surface area (Å²) in [6.07, 6.45) is -0.212. The number of ether oxygens (including phenoxy) is 1. The van der Waals surface area contributed by atoms with Gasteiger partial charge in [-0.15, -0.1) is 0 Å². The molecule has 1 N–H and O–H groups in total. The largest absolute Gasteiger partial charge is 0.508 e. The molecule has 0 aromatic heterocycles. The van der Waals surface area contributed by atoms with Gasteiger partial charge in [0.2, 0.25) is 0 Å². The molecule has 0 unspecified atom stereocenters. The number of hydrogen-bond acceptors (Lipinski definition) is 4. The lowest BCUT2D eigenvalue weighted by Gasteiger charge is -2.33. The molecule has 0 aliphatic carbocycles. The smallest absolute Gasteiger partial charge is 0.254 e. The molecule has 1 atom stereocenters. The third-order valence-corrected chi connectivity index (χ3v) is 4.23. The summed E-state index contributed by atoms with van der Waals surface area (Å²) in [5.74, 6) is 0.215. The fourth-order valence-electron chi connectivity index (χ4n) is 2.85. The molecule has 1 aliphatic heterocycles. The van der Waals surface area contributed by atoms with Gasteiger partial charge in [0, 0.05) is 31.9 Å². The molecule has 1 fully saturated rings. The van der Waals surface area contributed by atoms with Gasteiger partial charge in [-0.2, -0.15) is 0 Å². The highest BCUT2D eigenvalue weighted by Gasteiger charge is 2.26. The Morgan fingerprint density at radius 1 is 1.21 bits per heavy atom. The summed E-state index contributed by atoms with van der Waals surface area (Å²) in [5, 5.41) is 9.63. The molecule has 5 nitrogen and oxygen atoms in total. The number of amides is 1. The SMILES string of the molecule is CN(C)c1ccc(C(=O)N2CCO[C@H](c3cccc(O)c3)C2)cc1. The van der Waals surface area contributed by atoms with E-state index in [-0.39, 0.29) is 17.8 Å². The second-order valence-corrected chi connectivity index (χ2v) is 6.15. The maximum absolute atomic E-state index is 12.7. The molecule has 1 saturated heterocycles. The molecule has 3 rings (SSSR count). The van der Waals surface area contributed by atoms with Crippen LogP contribution in [0, 0.1) is 0 Å². The predicted octanol–water partition coefficient (Wildman–Crippen LogP) is 2.67. The van der Waals surface area contributed by atoms with E-state index in [4.69, 9.17) is 4.74 Å². The molecule has 1 amide bonds. The number of aromatic hydroxyl groups is 1. The average molecular weight is 326 g/mol. The number of anilines is 1. The van der Waals surface area contributed by atoms with E-state index in [1.54, 1.807) is 18.2 Å². The van der Waals surface area contributed by atoms with E-state index in [1.807, 2.05) is 54.2 Å². The number of phenols is 1. The zero-order valence-electron chi connectivity index (χ0n) is 14.0. The number of benzene rings is 2. The first-order valence-electron chi connectivity index (χ1n) is 8.02. The normalized spacial score (nSPS) is 17.6. The Kier molecular flexibility index (Phi) is 4.71. The summed E-state index contributed by atoms with van der Waals surface area (Å²) >= 11 is 0. The molecule has 0 radical (unpaired) electrons. The van der Waals surface area contributed by atoms with Crippen LogP contribution in [0.15, 0.2) is 48.5 Å². The first-order valence-corrected chi connectivity index (χ1v) is 8.02. The second-order valence-electron chi connectivity index (χ2n) is 6.15. The van der Waals surface area contributed by atoms with Gasteiger partial charge < -0.3 is 19.6 Å². The topological polar surface area (TPSA) is 53.0 Å². The second kappa shape index (κ2) is 6.93. The summed E-state index contributed by atoms with van der Waals surface area (Å²) in [6.45, 7) is 1.54. The van der Waals surface area contributed by atoms with Crippen LogP contribution in [-0.4, -0.2) is 49.7 Å². The summed E-state index contributed by atoms with van der Waals surface area (Å²) in [4.78, 5) is 16.5. The highest BCUT2D eigenvalue weighted by atomic mass is 16.5. The fraction of sp³-hybridized carbons (Fsp3) is 0.316. The van der Waals surface area contributed by atoms with E-state index in [9.17, 15) is 9.90 Å². The zero-order valence-corrected chi connectivity index (χ0v) is 14.0. The number of phenolic OH excluding ortho intramolecular Hbond substituents is 1. The molecule has 1 aliphatic rings. The lowest BCUT2D eigenvalue weighted by Crippen LogP contribution is -2.42. The molecular formula is C19H22N2O3. The highest BCUT2D eigenvalue weighted by molar-refractivity contribution is 5.94. The van der Waals surface area contributed by atoms with Gasteiger partial charge in [0.15, 0.2) is 0 Å². The van der Waals surface area contributed by atoms with Crippen LogP contribution >= 0.6 is 0 Å². The minimum atomic E-state index is -0.212. The monoisotopic (exact) mass is 326 g/mol.